The summed E-state index contributed by atoms with van der Waals surface area (Å²) < 4.78 is 0. The Morgan fingerprint density at radius 3 is 2.56 bits per heavy atom. The van der Waals surface area contributed by atoms with E-state index in [1.807, 2.05) is 6.07 Å². The van der Waals surface area contributed by atoms with E-state index in [0.717, 1.165) is 5.56 Å². The van der Waals surface area contributed by atoms with Crippen LogP contribution < -0.4 is 10.6 Å². The summed E-state index contributed by atoms with van der Waals surface area (Å²) in [6, 6.07) is 7.84. The molecule has 0 saturated heterocycles. The van der Waals surface area contributed by atoms with Crippen molar-refractivity contribution in [2.75, 3.05) is 6.54 Å². The summed E-state index contributed by atoms with van der Waals surface area (Å²) in [5.74, 6) is 1.28. The molecular formula is C13H14N2O3. The number of rotatable bonds is 5. The van der Waals surface area contributed by atoms with E-state index < -0.39 is 18.0 Å². The van der Waals surface area contributed by atoms with E-state index in [0.29, 0.717) is 0 Å². The average Bonchev–Trinajstić information content (AvgIpc) is 2.36. The average molecular weight is 246 g/mol. The van der Waals surface area contributed by atoms with Gasteiger partial charge in [-0.3, -0.25) is 4.79 Å². The maximum Gasteiger partial charge on any atom is 0.316 e. The van der Waals surface area contributed by atoms with Crippen LogP contribution in [0.1, 0.15) is 18.0 Å². The Kier molecular flexibility index (Phi) is 5.26. The fourth-order valence-corrected chi connectivity index (χ4v) is 1.45. The summed E-state index contributed by atoms with van der Waals surface area (Å²) in [5.41, 5.74) is 0.732. The number of amides is 2. The number of carboxylic acid groups (broad SMARTS) is 1. The van der Waals surface area contributed by atoms with Gasteiger partial charge in [0.15, 0.2) is 0 Å². The number of hydrogen-bond donors (Lipinski definition) is 3. The lowest BCUT2D eigenvalue weighted by Crippen LogP contribution is -2.38. The van der Waals surface area contributed by atoms with Gasteiger partial charge in [-0.05, 0) is 5.56 Å². The Balaban J connectivity index is 2.71. The third-order valence-electron chi connectivity index (χ3n) is 2.24. The summed E-state index contributed by atoms with van der Waals surface area (Å²) in [4.78, 5) is 22.2. The summed E-state index contributed by atoms with van der Waals surface area (Å²) in [6.45, 7) is 0.0976. The van der Waals surface area contributed by atoms with Crippen LogP contribution in [-0.4, -0.2) is 23.7 Å². The minimum Gasteiger partial charge on any atom is -0.481 e. The van der Waals surface area contributed by atoms with Crippen LogP contribution in [-0.2, 0) is 4.79 Å². The summed E-state index contributed by atoms with van der Waals surface area (Å²) in [6.07, 6.45) is 4.83. The standard InChI is InChI=1S/C13H14N2O3/c1-2-8-14-13(18)15-11(9-12(16)17)10-6-4-3-5-7-10/h1,3-7,11H,8-9H2,(H,16,17)(H2,14,15,18). The van der Waals surface area contributed by atoms with Gasteiger partial charge >= 0.3 is 12.0 Å². The SMILES string of the molecule is C#CCNC(=O)NC(CC(=O)O)c1ccccc1. The maximum absolute atomic E-state index is 11.5. The van der Waals surface area contributed by atoms with Gasteiger partial charge in [0.2, 0.25) is 0 Å². The highest BCUT2D eigenvalue weighted by Crippen LogP contribution is 2.16. The van der Waals surface area contributed by atoms with Crippen LogP contribution in [0.3, 0.4) is 0 Å². The number of aliphatic carboxylic acids is 1. The molecule has 0 saturated carbocycles. The van der Waals surface area contributed by atoms with Crippen molar-refractivity contribution in [3.63, 3.8) is 0 Å². The second kappa shape index (κ2) is 6.97. The molecule has 0 heterocycles. The van der Waals surface area contributed by atoms with Crippen LogP contribution in [0.2, 0.25) is 0 Å². The van der Waals surface area contributed by atoms with E-state index >= 15 is 0 Å². The lowest BCUT2D eigenvalue weighted by atomic mass is 10.0. The van der Waals surface area contributed by atoms with Crippen molar-refractivity contribution >= 4 is 12.0 Å². The molecule has 0 fully saturated rings. The van der Waals surface area contributed by atoms with Crippen molar-refractivity contribution in [2.24, 2.45) is 0 Å². The fraction of sp³-hybridized carbons (Fsp3) is 0.231. The van der Waals surface area contributed by atoms with Gasteiger partial charge in [-0.25, -0.2) is 4.79 Å². The molecular weight excluding hydrogens is 232 g/mol. The third-order valence-corrected chi connectivity index (χ3v) is 2.24. The number of benzene rings is 1. The van der Waals surface area contributed by atoms with Crippen LogP contribution in [0, 0.1) is 12.3 Å². The van der Waals surface area contributed by atoms with Gasteiger partial charge in [0.05, 0.1) is 19.0 Å². The quantitative estimate of drug-likeness (QED) is 0.681. The number of urea groups is 1. The normalized spacial score (nSPS) is 11.1. The van der Waals surface area contributed by atoms with Crippen molar-refractivity contribution in [1.29, 1.82) is 0 Å². The minimum atomic E-state index is -0.985. The molecule has 0 aromatic heterocycles. The summed E-state index contributed by atoms with van der Waals surface area (Å²) >= 11 is 0. The molecule has 1 aromatic rings. The van der Waals surface area contributed by atoms with Crippen molar-refractivity contribution in [1.82, 2.24) is 10.6 Å². The van der Waals surface area contributed by atoms with E-state index in [1.165, 1.54) is 0 Å². The second-order valence-electron chi connectivity index (χ2n) is 3.59. The Morgan fingerprint density at radius 2 is 2.00 bits per heavy atom. The summed E-state index contributed by atoms with van der Waals surface area (Å²) in [5, 5.41) is 13.8. The molecule has 0 aliphatic heterocycles. The lowest BCUT2D eigenvalue weighted by Gasteiger charge is -2.17. The van der Waals surface area contributed by atoms with Gasteiger partial charge in [0.1, 0.15) is 0 Å². The van der Waals surface area contributed by atoms with Gasteiger partial charge in [-0.2, -0.15) is 0 Å². The van der Waals surface area contributed by atoms with Crippen molar-refractivity contribution < 1.29 is 14.7 Å². The third kappa shape index (κ3) is 4.58. The smallest absolute Gasteiger partial charge is 0.316 e. The second-order valence-corrected chi connectivity index (χ2v) is 3.59. The number of hydrogen-bond acceptors (Lipinski definition) is 2. The zero-order chi connectivity index (χ0) is 13.4. The van der Waals surface area contributed by atoms with E-state index in [-0.39, 0.29) is 13.0 Å². The number of carbonyl (C=O) groups is 2. The summed E-state index contributed by atoms with van der Waals surface area (Å²) in [7, 11) is 0. The van der Waals surface area contributed by atoms with Crippen molar-refractivity contribution in [3.05, 3.63) is 35.9 Å². The van der Waals surface area contributed by atoms with Crippen LogP contribution >= 0.6 is 0 Å². The molecule has 1 aromatic carbocycles. The lowest BCUT2D eigenvalue weighted by molar-refractivity contribution is -0.137. The van der Waals surface area contributed by atoms with Gasteiger partial charge < -0.3 is 15.7 Å². The first-order chi connectivity index (χ1) is 8.63. The molecule has 0 bridgehead atoms. The highest BCUT2D eigenvalue weighted by atomic mass is 16.4. The van der Waals surface area contributed by atoms with E-state index in [2.05, 4.69) is 16.6 Å². The van der Waals surface area contributed by atoms with Crippen LogP contribution in [0.25, 0.3) is 0 Å². The van der Waals surface area contributed by atoms with Crippen molar-refractivity contribution in [3.8, 4) is 12.3 Å². The van der Waals surface area contributed by atoms with Crippen LogP contribution in [0.5, 0.6) is 0 Å². The molecule has 1 rings (SSSR count). The predicted molar refractivity (Wildman–Crippen MR) is 66.8 cm³/mol. The number of carbonyl (C=O) groups excluding carboxylic acids is 1. The molecule has 1 unspecified atom stereocenters. The van der Waals surface area contributed by atoms with E-state index in [9.17, 15) is 9.59 Å². The van der Waals surface area contributed by atoms with Crippen LogP contribution in [0.15, 0.2) is 30.3 Å². The zero-order valence-corrected chi connectivity index (χ0v) is 9.72. The molecule has 0 radical (unpaired) electrons. The Labute approximate surface area is 105 Å². The molecule has 0 aliphatic carbocycles. The molecule has 18 heavy (non-hydrogen) atoms. The highest BCUT2D eigenvalue weighted by molar-refractivity contribution is 5.76. The Morgan fingerprint density at radius 1 is 1.33 bits per heavy atom. The van der Waals surface area contributed by atoms with Gasteiger partial charge in [0, 0.05) is 0 Å². The predicted octanol–water partition coefficient (Wildman–Crippen LogP) is 1.13. The van der Waals surface area contributed by atoms with Crippen molar-refractivity contribution in [2.45, 2.75) is 12.5 Å². The first kappa shape index (κ1) is 13.6. The van der Waals surface area contributed by atoms with E-state index in [1.54, 1.807) is 24.3 Å². The molecule has 0 aliphatic rings. The Bertz CT molecular complexity index is 451. The molecule has 1 atom stereocenters. The zero-order valence-electron chi connectivity index (χ0n) is 9.72. The molecule has 2 amide bonds. The number of carboxylic acids is 1. The first-order valence-electron chi connectivity index (χ1n) is 5.38. The maximum atomic E-state index is 11.5. The van der Waals surface area contributed by atoms with E-state index in [4.69, 9.17) is 11.5 Å². The molecule has 0 spiro atoms. The first-order valence-corrected chi connectivity index (χ1v) is 5.38. The number of nitrogens with one attached hydrogen (secondary N) is 2. The van der Waals surface area contributed by atoms with Gasteiger partial charge in [-0.1, -0.05) is 36.3 Å². The van der Waals surface area contributed by atoms with Gasteiger partial charge in [-0.15, -0.1) is 6.42 Å². The molecule has 5 heteroatoms. The largest absolute Gasteiger partial charge is 0.481 e. The Hall–Kier alpha value is -2.48. The van der Waals surface area contributed by atoms with Crippen LogP contribution in [0.4, 0.5) is 4.79 Å². The number of terminal acetylenes is 1. The molecule has 3 N–H and O–H groups in total. The molecule has 94 valence electrons. The molecule has 5 nitrogen and oxygen atoms in total. The monoisotopic (exact) mass is 246 g/mol. The fourth-order valence-electron chi connectivity index (χ4n) is 1.45. The minimum absolute atomic E-state index is 0.0976. The topological polar surface area (TPSA) is 78.4 Å². The van der Waals surface area contributed by atoms with Gasteiger partial charge in [0.25, 0.3) is 0 Å². The highest BCUT2D eigenvalue weighted by Gasteiger charge is 2.17.